The molecule has 4 heteroatoms. The first-order valence-electron chi connectivity index (χ1n) is 6.33. The SMILES string of the molecule is CCCCNCC(O)COc1ccc(C=O)cc1. The monoisotopic (exact) mass is 251 g/mol. The van der Waals surface area contributed by atoms with E-state index >= 15 is 0 Å². The summed E-state index contributed by atoms with van der Waals surface area (Å²) in [5.41, 5.74) is 0.615. The van der Waals surface area contributed by atoms with Gasteiger partial charge in [-0.15, -0.1) is 0 Å². The Morgan fingerprint density at radius 2 is 2.11 bits per heavy atom. The van der Waals surface area contributed by atoms with E-state index in [0.717, 1.165) is 25.7 Å². The van der Waals surface area contributed by atoms with E-state index in [2.05, 4.69) is 12.2 Å². The summed E-state index contributed by atoms with van der Waals surface area (Å²) < 4.78 is 5.42. The standard InChI is InChI=1S/C14H21NO3/c1-2-3-8-15-9-13(17)11-18-14-6-4-12(10-16)5-7-14/h4-7,10,13,15,17H,2-3,8-9,11H2,1H3. The zero-order valence-electron chi connectivity index (χ0n) is 10.8. The molecular formula is C14H21NO3. The number of nitrogens with one attached hydrogen (secondary N) is 1. The van der Waals surface area contributed by atoms with Gasteiger partial charge in [-0.1, -0.05) is 13.3 Å². The third-order valence-electron chi connectivity index (χ3n) is 2.55. The van der Waals surface area contributed by atoms with Crippen molar-refractivity contribution in [3.8, 4) is 5.75 Å². The molecule has 2 N–H and O–H groups in total. The summed E-state index contributed by atoms with van der Waals surface area (Å²) in [5, 5.41) is 12.8. The Balaban J connectivity index is 2.20. The number of aliphatic hydroxyl groups excluding tert-OH is 1. The van der Waals surface area contributed by atoms with Crippen molar-refractivity contribution >= 4 is 6.29 Å². The minimum absolute atomic E-state index is 0.250. The third kappa shape index (κ3) is 5.80. The number of rotatable bonds is 9. The Morgan fingerprint density at radius 3 is 2.72 bits per heavy atom. The molecule has 1 atom stereocenters. The van der Waals surface area contributed by atoms with Crippen molar-refractivity contribution < 1.29 is 14.6 Å². The van der Waals surface area contributed by atoms with Gasteiger partial charge in [0, 0.05) is 12.1 Å². The molecule has 0 aliphatic rings. The second-order valence-corrected chi connectivity index (χ2v) is 4.21. The second kappa shape index (κ2) is 8.66. The number of carbonyl (C=O) groups is 1. The van der Waals surface area contributed by atoms with Crippen molar-refractivity contribution in [3.63, 3.8) is 0 Å². The van der Waals surface area contributed by atoms with Crippen LogP contribution in [-0.2, 0) is 0 Å². The molecule has 0 heterocycles. The molecule has 1 aromatic carbocycles. The smallest absolute Gasteiger partial charge is 0.150 e. The van der Waals surface area contributed by atoms with Gasteiger partial charge in [0.2, 0.25) is 0 Å². The van der Waals surface area contributed by atoms with Gasteiger partial charge in [0.15, 0.2) is 0 Å². The first kappa shape index (κ1) is 14.7. The largest absolute Gasteiger partial charge is 0.491 e. The molecule has 0 fully saturated rings. The summed E-state index contributed by atoms with van der Waals surface area (Å²) in [5.74, 6) is 0.660. The summed E-state index contributed by atoms with van der Waals surface area (Å²) >= 11 is 0. The van der Waals surface area contributed by atoms with Gasteiger partial charge in [0.05, 0.1) is 0 Å². The van der Waals surface area contributed by atoms with Crippen LogP contribution in [0.5, 0.6) is 5.75 Å². The lowest BCUT2D eigenvalue weighted by Gasteiger charge is -2.13. The summed E-state index contributed by atoms with van der Waals surface area (Å²) in [6.45, 7) is 3.83. The predicted molar refractivity (Wildman–Crippen MR) is 71.1 cm³/mol. The Morgan fingerprint density at radius 1 is 1.39 bits per heavy atom. The number of unbranched alkanes of at least 4 members (excludes halogenated alkanes) is 1. The molecule has 0 amide bonds. The summed E-state index contributed by atoms with van der Waals surface area (Å²) in [7, 11) is 0. The molecule has 18 heavy (non-hydrogen) atoms. The van der Waals surface area contributed by atoms with Crippen molar-refractivity contribution in [2.45, 2.75) is 25.9 Å². The Labute approximate surface area is 108 Å². The number of hydrogen-bond acceptors (Lipinski definition) is 4. The fourth-order valence-electron chi connectivity index (χ4n) is 1.46. The average Bonchev–Trinajstić information content (AvgIpc) is 2.42. The van der Waals surface area contributed by atoms with Gasteiger partial charge in [-0.25, -0.2) is 0 Å². The second-order valence-electron chi connectivity index (χ2n) is 4.21. The molecule has 0 aromatic heterocycles. The lowest BCUT2D eigenvalue weighted by atomic mass is 10.2. The van der Waals surface area contributed by atoms with E-state index < -0.39 is 6.10 Å². The molecule has 0 saturated carbocycles. The Hall–Kier alpha value is -1.39. The molecule has 4 nitrogen and oxygen atoms in total. The van der Waals surface area contributed by atoms with Crippen molar-refractivity contribution in [1.82, 2.24) is 5.32 Å². The number of aldehydes is 1. The zero-order chi connectivity index (χ0) is 13.2. The van der Waals surface area contributed by atoms with Crippen molar-refractivity contribution in [2.24, 2.45) is 0 Å². The van der Waals surface area contributed by atoms with E-state index in [4.69, 9.17) is 4.74 Å². The van der Waals surface area contributed by atoms with Gasteiger partial charge in [0.25, 0.3) is 0 Å². The predicted octanol–water partition coefficient (Wildman–Crippen LogP) is 1.63. The highest BCUT2D eigenvalue weighted by Crippen LogP contribution is 2.11. The van der Waals surface area contributed by atoms with E-state index in [1.165, 1.54) is 0 Å². The quantitative estimate of drug-likeness (QED) is 0.517. The first-order chi connectivity index (χ1) is 8.76. The van der Waals surface area contributed by atoms with E-state index in [1.807, 2.05) is 0 Å². The molecule has 0 radical (unpaired) electrons. The number of carbonyl (C=O) groups excluding carboxylic acids is 1. The normalized spacial score (nSPS) is 12.1. The highest BCUT2D eigenvalue weighted by atomic mass is 16.5. The van der Waals surface area contributed by atoms with Gasteiger partial charge in [0.1, 0.15) is 24.7 Å². The Bertz CT molecular complexity index is 337. The van der Waals surface area contributed by atoms with Gasteiger partial charge < -0.3 is 15.2 Å². The van der Waals surface area contributed by atoms with Crippen LogP contribution in [0.25, 0.3) is 0 Å². The lowest BCUT2D eigenvalue weighted by Crippen LogP contribution is -2.31. The van der Waals surface area contributed by atoms with Crippen LogP contribution in [0.3, 0.4) is 0 Å². The van der Waals surface area contributed by atoms with E-state index in [0.29, 0.717) is 17.9 Å². The molecule has 1 unspecified atom stereocenters. The summed E-state index contributed by atoms with van der Waals surface area (Å²) in [6, 6.07) is 6.82. The summed E-state index contributed by atoms with van der Waals surface area (Å²) in [4.78, 5) is 10.5. The summed E-state index contributed by atoms with van der Waals surface area (Å²) in [6.07, 6.45) is 2.52. The van der Waals surface area contributed by atoms with Crippen LogP contribution in [0.2, 0.25) is 0 Å². The van der Waals surface area contributed by atoms with Crippen LogP contribution >= 0.6 is 0 Å². The van der Waals surface area contributed by atoms with Crippen molar-refractivity contribution in [3.05, 3.63) is 29.8 Å². The zero-order valence-corrected chi connectivity index (χ0v) is 10.8. The van der Waals surface area contributed by atoms with Crippen molar-refractivity contribution in [1.29, 1.82) is 0 Å². The molecule has 0 aliphatic heterocycles. The van der Waals surface area contributed by atoms with Crippen LogP contribution in [0, 0.1) is 0 Å². The van der Waals surface area contributed by atoms with E-state index in [-0.39, 0.29) is 6.61 Å². The van der Waals surface area contributed by atoms with Crippen LogP contribution in [0.4, 0.5) is 0 Å². The number of hydrogen-bond donors (Lipinski definition) is 2. The molecular weight excluding hydrogens is 230 g/mol. The average molecular weight is 251 g/mol. The van der Waals surface area contributed by atoms with Crippen LogP contribution in [0.1, 0.15) is 30.1 Å². The third-order valence-corrected chi connectivity index (χ3v) is 2.55. The molecule has 0 spiro atoms. The van der Waals surface area contributed by atoms with Gasteiger partial charge in [-0.05, 0) is 37.2 Å². The molecule has 1 rings (SSSR count). The molecule has 0 saturated heterocycles. The highest BCUT2D eigenvalue weighted by Gasteiger charge is 2.04. The minimum Gasteiger partial charge on any atom is -0.491 e. The molecule has 100 valence electrons. The first-order valence-corrected chi connectivity index (χ1v) is 6.33. The van der Waals surface area contributed by atoms with Crippen LogP contribution in [0.15, 0.2) is 24.3 Å². The van der Waals surface area contributed by atoms with Gasteiger partial charge >= 0.3 is 0 Å². The fourth-order valence-corrected chi connectivity index (χ4v) is 1.46. The van der Waals surface area contributed by atoms with E-state index in [9.17, 15) is 9.90 Å². The fraction of sp³-hybridized carbons (Fsp3) is 0.500. The minimum atomic E-state index is -0.521. The maximum Gasteiger partial charge on any atom is 0.150 e. The number of aliphatic hydroxyl groups is 1. The highest BCUT2D eigenvalue weighted by molar-refractivity contribution is 5.74. The topological polar surface area (TPSA) is 58.6 Å². The molecule has 1 aromatic rings. The van der Waals surface area contributed by atoms with Crippen molar-refractivity contribution in [2.75, 3.05) is 19.7 Å². The lowest BCUT2D eigenvalue weighted by molar-refractivity contribution is 0.106. The van der Waals surface area contributed by atoms with Crippen LogP contribution in [-0.4, -0.2) is 37.2 Å². The van der Waals surface area contributed by atoms with Gasteiger partial charge in [-0.3, -0.25) is 4.79 Å². The molecule has 0 bridgehead atoms. The maximum atomic E-state index is 10.5. The maximum absolute atomic E-state index is 10.5. The van der Waals surface area contributed by atoms with E-state index in [1.54, 1.807) is 24.3 Å². The van der Waals surface area contributed by atoms with Gasteiger partial charge in [-0.2, -0.15) is 0 Å². The number of benzene rings is 1. The van der Waals surface area contributed by atoms with Crippen LogP contribution < -0.4 is 10.1 Å². The number of ether oxygens (including phenoxy) is 1. The molecule has 0 aliphatic carbocycles. The Kier molecular flexibility index (Phi) is 7.06.